The normalized spacial score (nSPS) is 15.0. The maximum absolute atomic E-state index is 12.3. The van der Waals surface area contributed by atoms with Crippen LogP contribution in [-0.2, 0) is 6.54 Å². The molecular weight excluding hydrogens is 469 g/mol. The van der Waals surface area contributed by atoms with Crippen LogP contribution < -0.4 is 15.0 Å². The Hall–Kier alpha value is -2.75. The summed E-state index contributed by atoms with van der Waals surface area (Å²) in [6, 6.07) is 15.3. The lowest BCUT2D eigenvalue weighted by Gasteiger charge is -2.36. The van der Waals surface area contributed by atoms with Gasteiger partial charge in [-0.25, -0.2) is 0 Å². The number of benzene rings is 2. The van der Waals surface area contributed by atoms with Crippen molar-refractivity contribution in [3.63, 3.8) is 0 Å². The monoisotopic (exact) mass is 494 g/mol. The first-order chi connectivity index (χ1) is 16.4. The molecule has 2 heterocycles. The van der Waals surface area contributed by atoms with E-state index in [4.69, 9.17) is 16.1 Å². The standard InChI is InChI=1S/C24H26ClF3N4O2/c25-19-3-1-4-20(15-19)32-13-11-31(12-14-32)10-2-9-29-17-22-16-23(30-34-22)18-5-7-21(8-6-18)33-24(26,27)28/h1,3-8,15-16,29H,2,9-14,17H2. The van der Waals surface area contributed by atoms with Gasteiger partial charge >= 0.3 is 6.36 Å². The molecule has 0 spiro atoms. The number of nitrogens with zero attached hydrogens (tertiary/aromatic N) is 3. The van der Waals surface area contributed by atoms with Gasteiger partial charge in [-0.15, -0.1) is 13.2 Å². The Labute approximate surface area is 201 Å². The Bertz CT molecular complexity index is 1050. The Morgan fingerprint density at radius 2 is 1.79 bits per heavy atom. The van der Waals surface area contributed by atoms with Crippen LogP contribution >= 0.6 is 11.6 Å². The summed E-state index contributed by atoms with van der Waals surface area (Å²) in [6.07, 6.45) is -3.70. The molecule has 0 unspecified atom stereocenters. The molecule has 1 aliphatic rings. The topological polar surface area (TPSA) is 53.8 Å². The summed E-state index contributed by atoms with van der Waals surface area (Å²) in [4.78, 5) is 4.82. The van der Waals surface area contributed by atoms with Crippen molar-refractivity contribution in [2.24, 2.45) is 0 Å². The number of alkyl halides is 3. The summed E-state index contributed by atoms with van der Waals surface area (Å²) < 4.78 is 46.0. The molecule has 34 heavy (non-hydrogen) atoms. The zero-order chi connectivity index (χ0) is 24.0. The fourth-order valence-electron chi connectivity index (χ4n) is 3.90. The Balaban J connectivity index is 1.14. The van der Waals surface area contributed by atoms with Crippen LogP contribution in [0.1, 0.15) is 12.2 Å². The highest BCUT2D eigenvalue weighted by Gasteiger charge is 2.31. The van der Waals surface area contributed by atoms with Crippen LogP contribution in [0.4, 0.5) is 18.9 Å². The highest BCUT2D eigenvalue weighted by atomic mass is 35.5. The van der Waals surface area contributed by atoms with Gasteiger partial charge in [0.25, 0.3) is 0 Å². The highest BCUT2D eigenvalue weighted by Crippen LogP contribution is 2.26. The van der Waals surface area contributed by atoms with E-state index in [2.05, 4.69) is 31.1 Å². The number of aromatic nitrogens is 1. The Morgan fingerprint density at radius 3 is 2.50 bits per heavy atom. The average molecular weight is 495 g/mol. The number of halogens is 4. The van der Waals surface area contributed by atoms with Crippen LogP contribution in [0.15, 0.2) is 59.1 Å². The minimum Gasteiger partial charge on any atom is -0.406 e. The number of nitrogens with one attached hydrogen (secondary N) is 1. The van der Waals surface area contributed by atoms with E-state index in [9.17, 15) is 13.2 Å². The van der Waals surface area contributed by atoms with Crippen molar-refractivity contribution in [3.8, 4) is 17.0 Å². The predicted octanol–water partition coefficient (Wildman–Crippen LogP) is 5.20. The molecule has 0 amide bonds. The molecule has 3 aromatic rings. The zero-order valence-corrected chi connectivity index (χ0v) is 19.3. The first kappa shape index (κ1) is 24.4. The molecule has 6 nitrogen and oxygen atoms in total. The van der Waals surface area contributed by atoms with Gasteiger partial charge in [-0.05, 0) is 62.0 Å². The molecule has 1 aromatic heterocycles. The molecule has 1 fully saturated rings. The lowest BCUT2D eigenvalue weighted by atomic mass is 10.1. The maximum atomic E-state index is 12.3. The number of rotatable bonds is 9. The van der Waals surface area contributed by atoms with E-state index in [1.807, 2.05) is 18.2 Å². The second kappa shape index (κ2) is 11.1. The molecule has 0 bridgehead atoms. The molecule has 0 radical (unpaired) electrons. The maximum Gasteiger partial charge on any atom is 0.573 e. The largest absolute Gasteiger partial charge is 0.573 e. The summed E-state index contributed by atoms with van der Waals surface area (Å²) in [5, 5.41) is 8.11. The lowest BCUT2D eigenvalue weighted by molar-refractivity contribution is -0.274. The summed E-state index contributed by atoms with van der Waals surface area (Å²) in [5.74, 6) is 0.397. The van der Waals surface area contributed by atoms with Gasteiger partial charge in [-0.2, -0.15) is 0 Å². The molecule has 10 heteroatoms. The van der Waals surface area contributed by atoms with E-state index in [0.717, 1.165) is 50.7 Å². The van der Waals surface area contributed by atoms with Gasteiger partial charge in [0.15, 0.2) is 5.76 Å². The van der Waals surface area contributed by atoms with Crippen molar-refractivity contribution < 1.29 is 22.4 Å². The van der Waals surface area contributed by atoms with Crippen LogP contribution in [0.2, 0.25) is 5.02 Å². The summed E-state index contributed by atoms with van der Waals surface area (Å²) in [5.41, 5.74) is 2.39. The SMILES string of the molecule is FC(F)(F)Oc1ccc(-c2cc(CNCCCN3CCN(c4cccc(Cl)c4)CC3)on2)cc1. The summed E-state index contributed by atoms with van der Waals surface area (Å²) in [6.45, 7) is 6.40. The fraction of sp³-hybridized carbons (Fsp3) is 0.375. The summed E-state index contributed by atoms with van der Waals surface area (Å²) in [7, 11) is 0. The third-order valence-electron chi connectivity index (χ3n) is 5.62. The highest BCUT2D eigenvalue weighted by molar-refractivity contribution is 6.30. The minimum atomic E-state index is -4.71. The van der Waals surface area contributed by atoms with E-state index in [1.165, 1.54) is 30.0 Å². The van der Waals surface area contributed by atoms with Crippen molar-refractivity contribution in [1.82, 2.24) is 15.4 Å². The smallest absolute Gasteiger partial charge is 0.406 e. The molecule has 2 aromatic carbocycles. The molecule has 0 saturated carbocycles. The second-order valence-electron chi connectivity index (χ2n) is 8.09. The number of ether oxygens (including phenoxy) is 1. The van der Waals surface area contributed by atoms with Gasteiger partial charge in [0.1, 0.15) is 11.4 Å². The number of hydrogen-bond donors (Lipinski definition) is 1. The third-order valence-corrected chi connectivity index (χ3v) is 5.85. The van der Waals surface area contributed by atoms with E-state index >= 15 is 0 Å². The number of piperazine rings is 1. The first-order valence-corrected chi connectivity index (χ1v) is 11.5. The van der Waals surface area contributed by atoms with Crippen molar-refractivity contribution in [1.29, 1.82) is 0 Å². The third kappa shape index (κ3) is 7.12. The van der Waals surface area contributed by atoms with Crippen LogP contribution in [0, 0.1) is 0 Å². The molecule has 4 rings (SSSR count). The van der Waals surface area contributed by atoms with Crippen LogP contribution in [0.3, 0.4) is 0 Å². The average Bonchev–Trinajstić information content (AvgIpc) is 3.28. The van der Waals surface area contributed by atoms with Crippen molar-refractivity contribution in [3.05, 3.63) is 65.4 Å². The van der Waals surface area contributed by atoms with Crippen molar-refractivity contribution >= 4 is 17.3 Å². The van der Waals surface area contributed by atoms with Crippen LogP contribution in [0.25, 0.3) is 11.3 Å². The van der Waals surface area contributed by atoms with Gasteiger partial charge in [0.05, 0.1) is 6.54 Å². The molecule has 0 aliphatic carbocycles. The van der Waals surface area contributed by atoms with Crippen molar-refractivity contribution in [2.75, 3.05) is 44.2 Å². The fourth-order valence-corrected chi connectivity index (χ4v) is 4.09. The van der Waals surface area contributed by atoms with Crippen LogP contribution in [-0.4, -0.2) is 55.7 Å². The van der Waals surface area contributed by atoms with Crippen LogP contribution in [0.5, 0.6) is 5.75 Å². The molecule has 0 atom stereocenters. The van der Waals surface area contributed by atoms with E-state index in [-0.39, 0.29) is 5.75 Å². The first-order valence-electron chi connectivity index (χ1n) is 11.1. The van der Waals surface area contributed by atoms with E-state index in [0.29, 0.717) is 23.6 Å². The lowest BCUT2D eigenvalue weighted by Crippen LogP contribution is -2.47. The van der Waals surface area contributed by atoms with E-state index in [1.54, 1.807) is 6.07 Å². The Morgan fingerprint density at radius 1 is 1.03 bits per heavy atom. The zero-order valence-electron chi connectivity index (χ0n) is 18.5. The van der Waals surface area contributed by atoms with Gasteiger partial charge in [0, 0.05) is 48.5 Å². The second-order valence-corrected chi connectivity index (χ2v) is 8.53. The summed E-state index contributed by atoms with van der Waals surface area (Å²) >= 11 is 6.10. The minimum absolute atomic E-state index is 0.271. The predicted molar refractivity (Wildman–Crippen MR) is 125 cm³/mol. The van der Waals surface area contributed by atoms with Gasteiger partial charge in [-0.1, -0.05) is 22.8 Å². The molecule has 1 N–H and O–H groups in total. The molecule has 1 aliphatic heterocycles. The molecular formula is C24H26ClF3N4O2. The Kier molecular flexibility index (Phi) is 7.97. The number of hydrogen-bond acceptors (Lipinski definition) is 6. The quantitative estimate of drug-likeness (QED) is 0.413. The van der Waals surface area contributed by atoms with E-state index < -0.39 is 6.36 Å². The van der Waals surface area contributed by atoms with Gasteiger partial charge in [0.2, 0.25) is 0 Å². The number of anilines is 1. The van der Waals surface area contributed by atoms with Gasteiger partial charge in [-0.3, -0.25) is 4.90 Å². The molecule has 182 valence electrons. The molecule has 1 saturated heterocycles. The van der Waals surface area contributed by atoms with Crippen molar-refractivity contribution in [2.45, 2.75) is 19.3 Å². The van der Waals surface area contributed by atoms with Gasteiger partial charge < -0.3 is 19.5 Å².